The topological polar surface area (TPSA) is 77.8 Å². The van der Waals surface area contributed by atoms with Gasteiger partial charge in [-0.05, 0) is 24.0 Å². The van der Waals surface area contributed by atoms with E-state index in [0.717, 1.165) is 12.8 Å². The third-order valence-electron chi connectivity index (χ3n) is 1.84. The number of phosphoric acid groups is 1. The third-order valence-corrected chi connectivity index (χ3v) is 1.84. The molecule has 3 N–H and O–H groups in total. The van der Waals surface area contributed by atoms with Crippen LogP contribution < -0.4 is 0 Å². The van der Waals surface area contributed by atoms with Crippen LogP contribution >= 0.6 is 7.82 Å². The van der Waals surface area contributed by atoms with Crippen LogP contribution in [0.15, 0.2) is 24.3 Å². The van der Waals surface area contributed by atoms with E-state index in [1.54, 1.807) is 0 Å². The predicted molar refractivity (Wildman–Crippen MR) is 59.5 cm³/mol. The van der Waals surface area contributed by atoms with E-state index < -0.39 is 7.82 Å². The van der Waals surface area contributed by atoms with Crippen molar-refractivity contribution in [2.24, 2.45) is 0 Å². The quantitative estimate of drug-likeness (QED) is 0.680. The molecule has 1 rings (SSSR count). The van der Waals surface area contributed by atoms with Gasteiger partial charge in [0.2, 0.25) is 0 Å². The first kappa shape index (κ1) is 14.3. The molecule has 0 saturated heterocycles. The lowest BCUT2D eigenvalue weighted by molar-refractivity contribution is 0.275. The maximum Gasteiger partial charge on any atom is 0.466 e. The Morgan fingerprint density at radius 2 is 1.13 bits per heavy atom. The lowest BCUT2D eigenvalue weighted by Crippen LogP contribution is -1.81. The molecule has 0 amide bonds. The van der Waals surface area contributed by atoms with Crippen molar-refractivity contribution in [2.45, 2.75) is 26.7 Å². The molecule has 0 bridgehead atoms. The summed E-state index contributed by atoms with van der Waals surface area (Å²) in [5.74, 6) is 0. The first-order chi connectivity index (χ1) is 6.86. The summed E-state index contributed by atoms with van der Waals surface area (Å²) >= 11 is 0. The van der Waals surface area contributed by atoms with E-state index in [4.69, 9.17) is 19.2 Å². The molecular weight excluding hydrogens is 215 g/mol. The Hall–Kier alpha value is -0.670. The van der Waals surface area contributed by atoms with Gasteiger partial charge in [-0.1, -0.05) is 38.1 Å². The van der Waals surface area contributed by atoms with Crippen LogP contribution in [0, 0.1) is 0 Å². The lowest BCUT2D eigenvalue weighted by Gasteiger charge is -1.97. The molecule has 0 aliphatic rings. The summed E-state index contributed by atoms with van der Waals surface area (Å²) in [6, 6.07) is 8.83. The van der Waals surface area contributed by atoms with Crippen LogP contribution in [0.2, 0.25) is 0 Å². The van der Waals surface area contributed by atoms with Crippen molar-refractivity contribution >= 4 is 7.82 Å². The summed E-state index contributed by atoms with van der Waals surface area (Å²) in [7, 11) is -4.64. The molecule has 0 fully saturated rings. The molecule has 0 heterocycles. The van der Waals surface area contributed by atoms with Gasteiger partial charge in [-0.15, -0.1) is 0 Å². The molecule has 0 saturated carbocycles. The summed E-state index contributed by atoms with van der Waals surface area (Å²) < 4.78 is 8.88. The molecule has 86 valence electrons. The molecule has 0 aromatic heterocycles. The van der Waals surface area contributed by atoms with Crippen LogP contribution in [0.3, 0.4) is 0 Å². The second-order valence-electron chi connectivity index (χ2n) is 3.04. The third kappa shape index (κ3) is 9.63. The number of rotatable bonds is 2. The molecule has 1 aromatic rings. The molecule has 0 unspecified atom stereocenters. The van der Waals surface area contributed by atoms with Gasteiger partial charge in [-0.2, -0.15) is 0 Å². The summed E-state index contributed by atoms with van der Waals surface area (Å²) in [6.07, 6.45) is 2.29. The van der Waals surface area contributed by atoms with Crippen LogP contribution in [0.1, 0.15) is 25.0 Å². The largest absolute Gasteiger partial charge is 0.466 e. The van der Waals surface area contributed by atoms with Gasteiger partial charge in [-0.3, -0.25) is 0 Å². The zero-order chi connectivity index (χ0) is 11.9. The highest BCUT2D eigenvalue weighted by Crippen LogP contribution is 2.25. The Morgan fingerprint density at radius 3 is 1.27 bits per heavy atom. The van der Waals surface area contributed by atoms with Crippen LogP contribution in [0.4, 0.5) is 0 Å². The van der Waals surface area contributed by atoms with Crippen molar-refractivity contribution in [1.82, 2.24) is 0 Å². The van der Waals surface area contributed by atoms with Crippen molar-refractivity contribution in [3.63, 3.8) is 0 Å². The van der Waals surface area contributed by atoms with E-state index in [0.29, 0.717) is 0 Å². The van der Waals surface area contributed by atoms with Crippen LogP contribution in [-0.2, 0) is 17.4 Å². The number of hydrogen-bond donors (Lipinski definition) is 3. The zero-order valence-corrected chi connectivity index (χ0v) is 9.82. The van der Waals surface area contributed by atoms with E-state index in [1.165, 1.54) is 11.1 Å². The predicted octanol–water partition coefficient (Wildman–Crippen LogP) is 1.88. The summed E-state index contributed by atoms with van der Waals surface area (Å²) in [6.45, 7) is 4.36. The van der Waals surface area contributed by atoms with Gasteiger partial charge in [0.15, 0.2) is 0 Å². The average molecular weight is 232 g/mol. The number of benzene rings is 1. The van der Waals surface area contributed by atoms with Crippen LogP contribution in [-0.4, -0.2) is 14.7 Å². The second-order valence-corrected chi connectivity index (χ2v) is 4.06. The monoisotopic (exact) mass is 232 g/mol. The van der Waals surface area contributed by atoms with Crippen LogP contribution in [0.25, 0.3) is 0 Å². The van der Waals surface area contributed by atoms with Crippen molar-refractivity contribution in [3.05, 3.63) is 35.4 Å². The molecule has 4 nitrogen and oxygen atoms in total. The van der Waals surface area contributed by atoms with Crippen molar-refractivity contribution in [1.29, 1.82) is 0 Å². The molecular formula is C10H17O4P. The minimum Gasteiger partial charge on any atom is -0.303 e. The molecule has 0 aliphatic carbocycles. The molecule has 15 heavy (non-hydrogen) atoms. The maximum atomic E-state index is 8.88. The molecule has 0 aliphatic heterocycles. The Bertz CT molecular complexity index is 283. The Kier molecular flexibility index (Phi) is 6.45. The fourth-order valence-corrected chi connectivity index (χ4v) is 1.01. The molecule has 0 spiro atoms. The average Bonchev–Trinajstić information content (AvgIpc) is 2.15. The summed E-state index contributed by atoms with van der Waals surface area (Å²) in [5.41, 5.74) is 2.86. The minimum absolute atomic E-state index is 1.14. The van der Waals surface area contributed by atoms with E-state index in [9.17, 15) is 0 Å². The fraction of sp³-hybridized carbons (Fsp3) is 0.400. The van der Waals surface area contributed by atoms with Crippen molar-refractivity contribution in [3.8, 4) is 0 Å². The molecule has 0 radical (unpaired) electrons. The lowest BCUT2D eigenvalue weighted by atomic mass is 10.1. The van der Waals surface area contributed by atoms with Gasteiger partial charge < -0.3 is 14.7 Å². The first-order valence-electron chi connectivity index (χ1n) is 4.73. The van der Waals surface area contributed by atoms with E-state index >= 15 is 0 Å². The standard InChI is InChI=1S/C10H14.H3O4P/c1-3-9-5-7-10(4-2)8-6-9;1-5(2,3)4/h5-8H,3-4H2,1-2H3;(H3,1,2,3,4). The van der Waals surface area contributed by atoms with Gasteiger partial charge in [-0.25, -0.2) is 4.57 Å². The Balaban J connectivity index is 0.000000336. The second kappa shape index (κ2) is 6.75. The normalized spacial score (nSPS) is 10.5. The highest BCUT2D eigenvalue weighted by atomic mass is 31.2. The van der Waals surface area contributed by atoms with E-state index in [1.807, 2.05) is 0 Å². The molecule has 0 atom stereocenters. The highest BCUT2D eigenvalue weighted by molar-refractivity contribution is 7.45. The zero-order valence-electron chi connectivity index (χ0n) is 8.92. The van der Waals surface area contributed by atoms with Gasteiger partial charge >= 0.3 is 7.82 Å². The van der Waals surface area contributed by atoms with E-state index in [2.05, 4.69) is 38.1 Å². The van der Waals surface area contributed by atoms with Crippen molar-refractivity contribution in [2.75, 3.05) is 0 Å². The minimum atomic E-state index is -4.64. The highest BCUT2D eigenvalue weighted by Gasteiger charge is 2.00. The van der Waals surface area contributed by atoms with Gasteiger partial charge in [0, 0.05) is 0 Å². The van der Waals surface area contributed by atoms with Gasteiger partial charge in [0.1, 0.15) is 0 Å². The number of aryl methyl sites for hydroxylation is 2. The Labute approximate surface area is 89.8 Å². The summed E-state index contributed by atoms with van der Waals surface area (Å²) in [5, 5.41) is 0. The Morgan fingerprint density at radius 1 is 0.933 bits per heavy atom. The maximum absolute atomic E-state index is 8.88. The SMILES string of the molecule is CCc1ccc(CC)cc1.O=P(O)(O)O. The fourth-order valence-electron chi connectivity index (χ4n) is 1.01. The van der Waals surface area contributed by atoms with Crippen LogP contribution in [0.5, 0.6) is 0 Å². The smallest absolute Gasteiger partial charge is 0.303 e. The first-order valence-corrected chi connectivity index (χ1v) is 6.29. The summed E-state index contributed by atoms with van der Waals surface area (Å²) in [4.78, 5) is 21.6. The van der Waals surface area contributed by atoms with Gasteiger partial charge in [0.05, 0.1) is 0 Å². The molecule has 1 aromatic carbocycles. The van der Waals surface area contributed by atoms with Crippen molar-refractivity contribution < 1.29 is 19.2 Å². The van der Waals surface area contributed by atoms with Gasteiger partial charge in [0.25, 0.3) is 0 Å². The number of hydrogen-bond acceptors (Lipinski definition) is 1. The van der Waals surface area contributed by atoms with E-state index in [-0.39, 0.29) is 0 Å². The molecule has 5 heteroatoms.